The quantitative estimate of drug-likeness (QED) is 0.331. The molecule has 1 N–H and O–H groups in total. The zero-order valence-electron chi connectivity index (χ0n) is 20.6. The number of benzene rings is 2. The number of hydrogen-bond acceptors (Lipinski definition) is 8. The molecule has 2 aromatic heterocycles. The van der Waals surface area contributed by atoms with Crippen molar-refractivity contribution in [2.24, 2.45) is 0 Å². The van der Waals surface area contributed by atoms with Crippen LogP contribution in [0.3, 0.4) is 0 Å². The molecule has 37 heavy (non-hydrogen) atoms. The molecule has 0 unspecified atom stereocenters. The smallest absolute Gasteiger partial charge is 0.287 e. The summed E-state index contributed by atoms with van der Waals surface area (Å²) in [6, 6.07) is 16.1. The van der Waals surface area contributed by atoms with Gasteiger partial charge in [0.15, 0.2) is 21.6 Å². The number of anilines is 1. The lowest BCUT2D eigenvalue weighted by atomic mass is 10.2. The molecule has 10 nitrogen and oxygen atoms in total. The average molecular weight is 526 g/mol. The molecule has 1 atom stereocenters. The highest BCUT2D eigenvalue weighted by Crippen LogP contribution is 2.30. The monoisotopic (exact) mass is 525 g/mol. The molecule has 0 saturated heterocycles. The van der Waals surface area contributed by atoms with Crippen molar-refractivity contribution in [1.82, 2.24) is 9.56 Å². The minimum Gasteiger partial charge on any atom is -0.485 e. The second-order valence-corrected chi connectivity index (χ2v) is 10.5. The average Bonchev–Trinajstić information content (AvgIpc) is 3.27. The lowest BCUT2D eigenvalue weighted by Gasteiger charge is -2.19. The van der Waals surface area contributed by atoms with Crippen molar-refractivity contribution in [1.29, 1.82) is 0 Å². The highest BCUT2D eigenvalue weighted by Gasteiger charge is 2.22. The summed E-state index contributed by atoms with van der Waals surface area (Å²) < 4.78 is 43.0. The van der Waals surface area contributed by atoms with Crippen molar-refractivity contribution < 1.29 is 27.2 Å². The third kappa shape index (κ3) is 6.00. The summed E-state index contributed by atoms with van der Waals surface area (Å²) in [7, 11) is -3.55. The Bertz CT molecular complexity index is 1580. The maximum atomic E-state index is 13.1. The van der Waals surface area contributed by atoms with E-state index in [-0.39, 0.29) is 28.7 Å². The van der Waals surface area contributed by atoms with Crippen molar-refractivity contribution in [2.45, 2.75) is 44.8 Å². The molecule has 4 rings (SSSR count). The van der Waals surface area contributed by atoms with Crippen molar-refractivity contribution >= 4 is 27.1 Å². The van der Waals surface area contributed by atoms with Crippen molar-refractivity contribution in [3.8, 4) is 11.5 Å². The van der Waals surface area contributed by atoms with E-state index in [0.717, 1.165) is 4.57 Å². The van der Waals surface area contributed by atoms with Gasteiger partial charge in [-0.15, -0.1) is 4.57 Å². The molecule has 2 aromatic carbocycles. The van der Waals surface area contributed by atoms with Gasteiger partial charge in [-0.1, -0.05) is 32.0 Å². The van der Waals surface area contributed by atoms with E-state index in [9.17, 15) is 18.0 Å². The summed E-state index contributed by atoms with van der Waals surface area (Å²) in [5.74, 6) is 0.708. The summed E-state index contributed by atoms with van der Waals surface area (Å²) in [6.45, 7) is 4.95. The van der Waals surface area contributed by atoms with Crippen molar-refractivity contribution in [3.05, 3.63) is 82.5 Å². The highest BCUT2D eigenvalue weighted by molar-refractivity contribution is 7.91. The van der Waals surface area contributed by atoms with Crippen molar-refractivity contribution in [3.63, 3.8) is 0 Å². The molecule has 4 aromatic rings. The number of nitrogens with one attached hydrogen (secondary N) is 1. The van der Waals surface area contributed by atoms with Gasteiger partial charge in [0.1, 0.15) is 23.9 Å². The van der Waals surface area contributed by atoms with Crippen LogP contribution in [0.1, 0.15) is 31.7 Å². The van der Waals surface area contributed by atoms with Gasteiger partial charge in [0.25, 0.3) is 11.5 Å². The molecule has 194 valence electrons. The number of carbonyl (C=O) groups is 1. The lowest BCUT2D eigenvalue weighted by molar-refractivity contribution is -0.122. The molecule has 0 saturated carbocycles. The topological polar surface area (TPSA) is 129 Å². The SMILES string of the molecule is CC[C@H](Oc1ccccc1)C(=O)Nc1cc(S(=O)(=O)CC)ccc1OCc1cc(=O)n2oc(C)cc2n1. The van der Waals surface area contributed by atoms with E-state index in [1.807, 2.05) is 6.07 Å². The molecule has 1 amide bonds. The van der Waals surface area contributed by atoms with Crippen LogP contribution >= 0.6 is 0 Å². The van der Waals surface area contributed by atoms with E-state index >= 15 is 0 Å². The number of carbonyl (C=O) groups excluding carboxylic acids is 1. The fourth-order valence-electron chi connectivity index (χ4n) is 3.59. The fourth-order valence-corrected chi connectivity index (χ4v) is 4.50. The molecule has 0 spiro atoms. The van der Waals surface area contributed by atoms with Gasteiger partial charge in [0.05, 0.1) is 22.0 Å². The Morgan fingerprint density at radius 2 is 1.86 bits per heavy atom. The van der Waals surface area contributed by atoms with E-state index < -0.39 is 27.4 Å². The maximum Gasteiger partial charge on any atom is 0.287 e. The van der Waals surface area contributed by atoms with Gasteiger partial charge in [0.2, 0.25) is 0 Å². The molecule has 0 fully saturated rings. The first-order valence-corrected chi connectivity index (χ1v) is 13.4. The first kappa shape index (κ1) is 26.0. The second kappa shape index (κ2) is 10.9. The summed E-state index contributed by atoms with van der Waals surface area (Å²) >= 11 is 0. The van der Waals surface area contributed by atoms with Gasteiger partial charge >= 0.3 is 0 Å². The number of nitrogens with zero attached hydrogens (tertiary/aromatic N) is 2. The Labute approximate surface area is 213 Å². The van der Waals surface area contributed by atoms with Crippen LogP contribution in [0.5, 0.6) is 11.5 Å². The minimum atomic E-state index is -3.55. The molecular weight excluding hydrogens is 498 g/mol. The van der Waals surface area contributed by atoms with Crippen LogP contribution in [-0.4, -0.2) is 35.7 Å². The van der Waals surface area contributed by atoms with Gasteiger partial charge in [-0.05, 0) is 43.7 Å². The number of aryl methyl sites for hydroxylation is 1. The minimum absolute atomic E-state index is 0.0429. The highest BCUT2D eigenvalue weighted by atomic mass is 32.2. The zero-order valence-corrected chi connectivity index (χ0v) is 21.4. The summed E-state index contributed by atoms with van der Waals surface area (Å²) in [5.41, 5.74) is 0.433. The standard InChI is InChI=1S/C26H27N3O7S/c1-4-22(35-19-9-7-6-8-10-19)26(31)28-21-15-20(37(32,33)5-2)11-12-23(21)34-16-18-14-25(30)29-24(27-18)13-17(3)36-29/h6-15,22H,4-5,16H2,1-3H3,(H,28,31)/t22-/m0/s1. The molecule has 0 bridgehead atoms. The molecule has 0 aliphatic heterocycles. The van der Waals surface area contributed by atoms with E-state index in [1.165, 1.54) is 31.2 Å². The Morgan fingerprint density at radius 1 is 1.11 bits per heavy atom. The van der Waals surface area contributed by atoms with Crippen molar-refractivity contribution in [2.75, 3.05) is 11.1 Å². The number of aromatic nitrogens is 2. The van der Waals surface area contributed by atoms with Crippen LogP contribution in [-0.2, 0) is 21.2 Å². The number of para-hydroxylation sites is 1. The van der Waals surface area contributed by atoms with Crippen LogP contribution in [0, 0.1) is 6.92 Å². The van der Waals surface area contributed by atoms with Crippen LogP contribution < -0.4 is 20.3 Å². The van der Waals surface area contributed by atoms with E-state index in [0.29, 0.717) is 29.3 Å². The lowest BCUT2D eigenvalue weighted by Crippen LogP contribution is -2.32. The van der Waals surface area contributed by atoms with Crippen LogP contribution in [0.15, 0.2) is 74.9 Å². The molecule has 0 aliphatic carbocycles. The van der Waals surface area contributed by atoms with Gasteiger partial charge in [-0.2, -0.15) is 0 Å². The number of rotatable bonds is 10. The normalized spacial score (nSPS) is 12.3. The molecule has 0 aliphatic rings. The first-order valence-electron chi connectivity index (χ1n) is 11.7. The summed E-state index contributed by atoms with van der Waals surface area (Å²) in [5, 5.41) is 2.74. The Kier molecular flexibility index (Phi) is 7.63. The Hall–Kier alpha value is -4.12. The maximum absolute atomic E-state index is 13.1. The first-order chi connectivity index (χ1) is 17.7. The molecule has 2 heterocycles. The third-order valence-electron chi connectivity index (χ3n) is 5.53. The second-order valence-electron chi connectivity index (χ2n) is 8.25. The van der Waals surface area contributed by atoms with Gasteiger partial charge in [0, 0.05) is 12.1 Å². The zero-order chi connectivity index (χ0) is 26.6. The van der Waals surface area contributed by atoms with E-state index in [1.54, 1.807) is 44.2 Å². The third-order valence-corrected chi connectivity index (χ3v) is 7.26. The van der Waals surface area contributed by atoms with Gasteiger partial charge < -0.3 is 19.3 Å². The number of amides is 1. The predicted molar refractivity (Wildman–Crippen MR) is 137 cm³/mol. The van der Waals surface area contributed by atoms with Crippen LogP contribution in [0.2, 0.25) is 0 Å². The number of ether oxygens (including phenoxy) is 2. The molecule has 11 heteroatoms. The Morgan fingerprint density at radius 3 is 2.57 bits per heavy atom. The van der Waals surface area contributed by atoms with E-state index in [4.69, 9.17) is 14.0 Å². The van der Waals surface area contributed by atoms with Crippen LogP contribution in [0.4, 0.5) is 5.69 Å². The van der Waals surface area contributed by atoms with E-state index in [2.05, 4.69) is 10.3 Å². The Balaban J connectivity index is 1.60. The molecular formula is C26H27N3O7S. The summed E-state index contributed by atoms with van der Waals surface area (Å²) in [4.78, 5) is 29.8. The van der Waals surface area contributed by atoms with Crippen LogP contribution in [0.25, 0.3) is 5.65 Å². The summed E-state index contributed by atoms with van der Waals surface area (Å²) in [6.07, 6.45) is -0.447. The largest absolute Gasteiger partial charge is 0.485 e. The number of sulfone groups is 1. The van der Waals surface area contributed by atoms with Gasteiger partial charge in [-0.3, -0.25) is 9.59 Å². The predicted octanol–water partition coefficient (Wildman–Crippen LogP) is 3.76. The van der Waals surface area contributed by atoms with Gasteiger partial charge in [-0.25, -0.2) is 13.4 Å². The number of fused-ring (bicyclic) bond motifs is 1. The fraction of sp³-hybridized carbons (Fsp3) is 0.269. The molecule has 0 radical (unpaired) electrons. The number of hydrogen-bond donors (Lipinski definition) is 1.